The highest BCUT2D eigenvalue weighted by Crippen LogP contribution is 2.38. The molecule has 0 atom stereocenters. The van der Waals surface area contributed by atoms with Crippen molar-refractivity contribution in [3.63, 3.8) is 0 Å². The van der Waals surface area contributed by atoms with Gasteiger partial charge in [-0.15, -0.1) is 0 Å². The lowest BCUT2D eigenvalue weighted by Crippen LogP contribution is -2.27. The van der Waals surface area contributed by atoms with Crippen LogP contribution in [0.5, 0.6) is 0 Å². The number of benzene rings is 2. The average molecular weight is 428 g/mol. The molecule has 0 saturated carbocycles. The summed E-state index contributed by atoms with van der Waals surface area (Å²) in [6.45, 7) is 6.30. The zero-order chi connectivity index (χ0) is 22.6. The van der Waals surface area contributed by atoms with Crippen molar-refractivity contribution in [3.8, 4) is 5.69 Å². The van der Waals surface area contributed by atoms with Crippen LogP contribution < -0.4 is 11.1 Å². The molecule has 32 heavy (non-hydrogen) atoms. The van der Waals surface area contributed by atoms with Crippen LogP contribution in [0.2, 0.25) is 0 Å². The normalized spacial score (nSPS) is 16.5. The molecule has 0 aliphatic heterocycles. The molecule has 5 nitrogen and oxygen atoms in total. The monoisotopic (exact) mass is 427 g/mol. The molecule has 0 radical (unpaired) electrons. The summed E-state index contributed by atoms with van der Waals surface area (Å²) in [6, 6.07) is 14.0. The van der Waals surface area contributed by atoms with Gasteiger partial charge in [-0.1, -0.05) is 26.0 Å². The maximum absolute atomic E-state index is 12.8. The maximum atomic E-state index is 12.8. The molecule has 1 heterocycles. The molecule has 0 bridgehead atoms. The zero-order valence-electron chi connectivity index (χ0n) is 18.9. The Bertz CT molecular complexity index is 1270. The molecule has 3 aromatic rings. The van der Waals surface area contributed by atoms with E-state index in [0.29, 0.717) is 17.7 Å². The lowest BCUT2D eigenvalue weighted by Gasteiger charge is -2.30. The molecule has 1 aromatic heterocycles. The summed E-state index contributed by atoms with van der Waals surface area (Å²) in [5.41, 5.74) is 14.3. The van der Waals surface area contributed by atoms with E-state index in [0.717, 1.165) is 54.0 Å². The first-order chi connectivity index (χ1) is 15.2. The molecule has 2 aromatic carbocycles. The summed E-state index contributed by atoms with van der Waals surface area (Å²) < 4.78 is 2.15. The Hall–Kier alpha value is -3.34. The van der Waals surface area contributed by atoms with E-state index in [2.05, 4.69) is 41.9 Å². The van der Waals surface area contributed by atoms with Gasteiger partial charge in [0, 0.05) is 34.7 Å². The number of aryl methyl sites for hydroxylation is 2. The Balaban J connectivity index is 1.62. The van der Waals surface area contributed by atoms with Crippen LogP contribution in [0.4, 0.5) is 11.4 Å². The van der Waals surface area contributed by atoms with Crippen molar-refractivity contribution in [2.45, 2.75) is 52.9 Å². The number of hydrogen-bond acceptors (Lipinski definition) is 3. The first-order valence-electron chi connectivity index (χ1n) is 11.3. The lowest BCUT2D eigenvalue weighted by atomic mass is 9.76. The number of Topliss-reactive ketones (excluding diaryl/α,β-unsaturated/α-hetero) is 1. The Labute approximate surface area is 188 Å². The van der Waals surface area contributed by atoms with Crippen LogP contribution in [-0.4, -0.2) is 16.3 Å². The standard InChI is InChI=1S/C27H29N3O2/c1-16-12-21-24(14-27(2,3)15-25(21)31)30(16)18-10-11-20(26(28)32)23(13-18)29-22-9-5-7-17-6-4-8-19(17)22/h5,7,9-13,29H,4,6,8,14-15H2,1-3H3,(H2,28,32). The first-order valence-corrected chi connectivity index (χ1v) is 11.3. The Morgan fingerprint density at radius 3 is 2.66 bits per heavy atom. The molecule has 2 aliphatic rings. The quantitative estimate of drug-likeness (QED) is 0.595. The van der Waals surface area contributed by atoms with Crippen LogP contribution in [0, 0.1) is 12.3 Å². The van der Waals surface area contributed by atoms with E-state index < -0.39 is 5.91 Å². The van der Waals surface area contributed by atoms with E-state index in [9.17, 15) is 9.59 Å². The minimum absolute atomic E-state index is 0.0779. The smallest absolute Gasteiger partial charge is 0.250 e. The van der Waals surface area contributed by atoms with Crippen molar-refractivity contribution in [3.05, 3.63) is 76.1 Å². The zero-order valence-corrected chi connectivity index (χ0v) is 18.9. The number of amides is 1. The van der Waals surface area contributed by atoms with E-state index >= 15 is 0 Å². The number of hydrogen-bond donors (Lipinski definition) is 2. The largest absolute Gasteiger partial charge is 0.366 e. The van der Waals surface area contributed by atoms with E-state index in [1.165, 1.54) is 11.1 Å². The number of fused-ring (bicyclic) bond motifs is 2. The van der Waals surface area contributed by atoms with E-state index in [1.54, 1.807) is 6.07 Å². The molecule has 0 fully saturated rings. The van der Waals surface area contributed by atoms with Crippen LogP contribution in [-0.2, 0) is 19.3 Å². The van der Waals surface area contributed by atoms with E-state index in [1.807, 2.05) is 25.1 Å². The predicted octanol–water partition coefficient (Wildman–Crippen LogP) is 5.27. The number of rotatable bonds is 4. The van der Waals surface area contributed by atoms with E-state index in [-0.39, 0.29) is 11.2 Å². The molecular formula is C27H29N3O2. The number of carbonyl (C=O) groups is 2. The number of carbonyl (C=O) groups excluding carboxylic acids is 2. The van der Waals surface area contributed by atoms with Crippen LogP contribution in [0.3, 0.4) is 0 Å². The molecule has 0 unspecified atom stereocenters. The van der Waals surface area contributed by atoms with Crippen molar-refractivity contribution in [1.82, 2.24) is 4.57 Å². The van der Waals surface area contributed by atoms with Crippen molar-refractivity contribution in [2.75, 3.05) is 5.32 Å². The SMILES string of the molecule is Cc1cc2c(n1-c1ccc(C(N)=O)c(Nc3cccc4c3CCC4)c1)CC(C)(C)CC2=O. The average Bonchev–Trinajstić information content (AvgIpc) is 3.32. The molecule has 0 saturated heterocycles. The van der Waals surface area contributed by atoms with Crippen LogP contribution in [0.25, 0.3) is 5.69 Å². The second kappa shape index (κ2) is 7.37. The molecule has 5 heteroatoms. The van der Waals surface area contributed by atoms with Gasteiger partial charge < -0.3 is 15.6 Å². The number of ketones is 1. The minimum Gasteiger partial charge on any atom is -0.366 e. The summed E-state index contributed by atoms with van der Waals surface area (Å²) in [5.74, 6) is -0.265. The van der Waals surface area contributed by atoms with Crippen molar-refractivity contribution >= 4 is 23.1 Å². The van der Waals surface area contributed by atoms with Gasteiger partial charge in [-0.05, 0) is 79.5 Å². The topological polar surface area (TPSA) is 77.1 Å². The summed E-state index contributed by atoms with van der Waals surface area (Å²) in [5, 5.41) is 3.50. The van der Waals surface area contributed by atoms with Gasteiger partial charge in [-0.3, -0.25) is 9.59 Å². The van der Waals surface area contributed by atoms with Crippen LogP contribution in [0.15, 0.2) is 42.5 Å². The van der Waals surface area contributed by atoms with Crippen molar-refractivity contribution in [2.24, 2.45) is 11.1 Å². The van der Waals surface area contributed by atoms with Gasteiger partial charge in [0.15, 0.2) is 5.78 Å². The van der Waals surface area contributed by atoms with Gasteiger partial charge in [0.05, 0.1) is 11.3 Å². The van der Waals surface area contributed by atoms with Gasteiger partial charge in [0.1, 0.15) is 0 Å². The fourth-order valence-corrected chi connectivity index (χ4v) is 5.38. The molecule has 3 N–H and O–H groups in total. The lowest BCUT2D eigenvalue weighted by molar-refractivity contribution is 0.0910. The Kier molecular flexibility index (Phi) is 4.73. The van der Waals surface area contributed by atoms with E-state index in [4.69, 9.17) is 5.73 Å². The van der Waals surface area contributed by atoms with Gasteiger partial charge >= 0.3 is 0 Å². The molecule has 164 valence electrons. The molecule has 5 rings (SSSR count). The molecule has 1 amide bonds. The number of primary amides is 1. The third-order valence-corrected chi connectivity index (χ3v) is 6.81. The van der Waals surface area contributed by atoms with Crippen molar-refractivity contribution < 1.29 is 9.59 Å². The molecular weight excluding hydrogens is 398 g/mol. The molecule has 0 spiro atoms. The van der Waals surface area contributed by atoms with Gasteiger partial charge in [0.2, 0.25) is 0 Å². The van der Waals surface area contributed by atoms with Crippen LogP contribution >= 0.6 is 0 Å². The number of aromatic nitrogens is 1. The third-order valence-electron chi connectivity index (χ3n) is 6.81. The highest BCUT2D eigenvalue weighted by Gasteiger charge is 2.34. The summed E-state index contributed by atoms with van der Waals surface area (Å²) in [6.07, 6.45) is 4.66. The van der Waals surface area contributed by atoms with Crippen molar-refractivity contribution in [1.29, 1.82) is 0 Å². The van der Waals surface area contributed by atoms with Gasteiger partial charge in [-0.25, -0.2) is 0 Å². The highest BCUT2D eigenvalue weighted by molar-refractivity contribution is 6.00. The summed E-state index contributed by atoms with van der Waals surface area (Å²) in [7, 11) is 0. The predicted molar refractivity (Wildman–Crippen MR) is 127 cm³/mol. The molecule has 2 aliphatic carbocycles. The minimum atomic E-state index is -0.464. The third kappa shape index (κ3) is 3.42. The second-order valence-corrected chi connectivity index (χ2v) is 9.94. The second-order valence-electron chi connectivity index (χ2n) is 9.94. The Morgan fingerprint density at radius 1 is 1.06 bits per heavy atom. The fourth-order valence-electron chi connectivity index (χ4n) is 5.38. The fraction of sp³-hybridized carbons (Fsp3) is 0.333. The number of nitrogens with two attached hydrogens (primary N) is 1. The summed E-state index contributed by atoms with van der Waals surface area (Å²) in [4.78, 5) is 25.0. The van der Waals surface area contributed by atoms with Gasteiger partial charge in [-0.2, -0.15) is 0 Å². The number of nitrogens with zero attached hydrogens (tertiary/aromatic N) is 1. The summed E-state index contributed by atoms with van der Waals surface area (Å²) >= 11 is 0. The maximum Gasteiger partial charge on any atom is 0.250 e. The van der Waals surface area contributed by atoms with Crippen LogP contribution in [0.1, 0.15) is 69.9 Å². The first kappa shape index (κ1) is 20.6. The highest BCUT2D eigenvalue weighted by atomic mass is 16.1. The van der Waals surface area contributed by atoms with Gasteiger partial charge in [0.25, 0.3) is 5.91 Å². The Morgan fingerprint density at radius 2 is 1.88 bits per heavy atom. The number of anilines is 2. The number of nitrogens with one attached hydrogen (secondary N) is 1.